The molecule has 0 unspecified atom stereocenters. The second-order valence-corrected chi connectivity index (χ2v) is 4.02. The molecule has 1 heterocycles. The number of hydrogen-bond acceptors (Lipinski definition) is 0. The minimum Gasteiger partial charge on any atom is -0.347 e. The predicted octanol–water partition coefficient (Wildman–Crippen LogP) is 4.24. The molecule has 0 spiro atoms. The van der Waals surface area contributed by atoms with Gasteiger partial charge in [0.05, 0.1) is 5.56 Å². The number of alkyl halides is 3. The summed E-state index contributed by atoms with van der Waals surface area (Å²) in [5, 5.41) is 0.712. The molecule has 2 rings (SSSR count). The summed E-state index contributed by atoms with van der Waals surface area (Å²) in [4.78, 5) is 0. The SMILES string of the molecule is CCc1cn(CC)c2ccc(C(F)(F)F)cc12. The summed E-state index contributed by atoms with van der Waals surface area (Å²) in [5.41, 5.74) is 1.26. The molecule has 0 bridgehead atoms. The van der Waals surface area contributed by atoms with Gasteiger partial charge in [-0.2, -0.15) is 13.2 Å². The van der Waals surface area contributed by atoms with Crippen LogP contribution < -0.4 is 0 Å². The lowest BCUT2D eigenvalue weighted by atomic mass is 10.1. The summed E-state index contributed by atoms with van der Waals surface area (Å²) in [5.74, 6) is 0. The van der Waals surface area contributed by atoms with E-state index in [1.165, 1.54) is 6.07 Å². The van der Waals surface area contributed by atoms with Gasteiger partial charge in [0, 0.05) is 23.6 Å². The van der Waals surface area contributed by atoms with E-state index in [2.05, 4.69) is 0 Å². The Morgan fingerprint density at radius 2 is 1.88 bits per heavy atom. The first-order chi connectivity index (χ1) is 7.97. The molecule has 1 nitrogen and oxygen atoms in total. The van der Waals surface area contributed by atoms with Crippen LogP contribution in [0.25, 0.3) is 10.9 Å². The molecule has 4 heteroatoms. The Hall–Kier alpha value is -1.45. The Morgan fingerprint density at radius 3 is 2.41 bits per heavy atom. The largest absolute Gasteiger partial charge is 0.416 e. The van der Waals surface area contributed by atoms with Crippen LogP contribution in [0.2, 0.25) is 0 Å². The molecule has 0 saturated carbocycles. The van der Waals surface area contributed by atoms with Crippen LogP contribution >= 0.6 is 0 Å². The molecule has 0 aliphatic carbocycles. The third-order valence-corrected chi connectivity index (χ3v) is 3.01. The van der Waals surface area contributed by atoms with Crippen LogP contribution in [0.15, 0.2) is 24.4 Å². The maximum atomic E-state index is 12.6. The van der Waals surface area contributed by atoms with E-state index < -0.39 is 11.7 Å². The van der Waals surface area contributed by atoms with Crippen molar-refractivity contribution in [3.05, 3.63) is 35.5 Å². The molecular weight excluding hydrogens is 227 g/mol. The fourth-order valence-corrected chi connectivity index (χ4v) is 2.09. The smallest absolute Gasteiger partial charge is 0.347 e. The molecule has 0 radical (unpaired) electrons. The van der Waals surface area contributed by atoms with Crippen molar-refractivity contribution in [2.45, 2.75) is 33.0 Å². The van der Waals surface area contributed by atoms with Crippen LogP contribution in [0, 0.1) is 0 Å². The van der Waals surface area contributed by atoms with Gasteiger partial charge in [-0.3, -0.25) is 0 Å². The summed E-state index contributed by atoms with van der Waals surface area (Å²) in [6.45, 7) is 4.70. The summed E-state index contributed by atoms with van der Waals surface area (Å²) >= 11 is 0. The molecule has 1 aromatic heterocycles. The number of rotatable bonds is 2. The van der Waals surface area contributed by atoms with Gasteiger partial charge < -0.3 is 4.57 Å². The predicted molar refractivity (Wildman–Crippen MR) is 62.0 cm³/mol. The van der Waals surface area contributed by atoms with Gasteiger partial charge in [-0.15, -0.1) is 0 Å². The van der Waals surface area contributed by atoms with Gasteiger partial charge in [-0.05, 0) is 37.1 Å². The van der Waals surface area contributed by atoms with Gasteiger partial charge >= 0.3 is 6.18 Å². The van der Waals surface area contributed by atoms with Crippen molar-refractivity contribution in [2.24, 2.45) is 0 Å². The average Bonchev–Trinajstić information content (AvgIpc) is 2.64. The Bertz CT molecular complexity index is 537. The van der Waals surface area contributed by atoms with Crippen LogP contribution in [0.1, 0.15) is 25.0 Å². The third kappa shape index (κ3) is 2.04. The van der Waals surface area contributed by atoms with Crippen molar-refractivity contribution in [3.8, 4) is 0 Å². The fraction of sp³-hybridized carbons (Fsp3) is 0.385. The Balaban J connectivity index is 2.68. The molecule has 0 aliphatic heterocycles. The molecule has 0 amide bonds. The minimum atomic E-state index is -4.27. The van der Waals surface area contributed by atoms with Crippen molar-refractivity contribution in [2.75, 3.05) is 0 Å². The van der Waals surface area contributed by atoms with Gasteiger partial charge in [0.15, 0.2) is 0 Å². The van der Waals surface area contributed by atoms with Gasteiger partial charge in [0.2, 0.25) is 0 Å². The summed E-state index contributed by atoms with van der Waals surface area (Å²) < 4.78 is 39.9. The molecular formula is C13H14F3N. The van der Waals surface area contributed by atoms with E-state index in [0.29, 0.717) is 5.39 Å². The molecule has 0 aliphatic rings. The van der Waals surface area contributed by atoms with Crippen LogP contribution in [0.3, 0.4) is 0 Å². The lowest BCUT2D eigenvalue weighted by Gasteiger charge is -2.07. The van der Waals surface area contributed by atoms with Gasteiger partial charge in [-0.1, -0.05) is 6.92 Å². The zero-order chi connectivity index (χ0) is 12.6. The number of aryl methyl sites for hydroxylation is 2. The first kappa shape index (κ1) is 12.0. The van der Waals surface area contributed by atoms with E-state index in [0.717, 1.165) is 30.1 Å². The fourth-order valence-electron chi connectivity index (χ4n) is 2.09. The third-order valence-electron chi connectivity index (χ3n) is 3.01. The van der Waals surface area contributed by atoms with Crippen molar-refractivity contribution in [1.82, 2.24) is 4.57 Å². The highest BCUT2D eigenvalue weighted by molar-refractivity contribution is 5.84. The normalized spacial score (nSPS) is 12.3. The molecule has 0 atom stereocenters. The zero-order valence-corrected chi connectivity index (χ0v) is 9.80. The molecule has 0 saturated heterocycles. The molecule has 0 fully saturated rings. The summed E-state index contributed by atoms with van der Waals surface area (Å²) in [6.07, 6.45) is -1.59. The van der Waals surface area contributed by atoms with Crippen molar-refractivity contribution in [3.63, 3.8) is 0 Å². The highest BCUT2D eigenvalue weighted by Gasteiger charge is 2.30. The van der Waals surface area contributed by atoms with Gasteiger partial charge in [0.25, 0.3) is 0 Å². The maximum absolute atomic E-state index is 12.6. The lowest BCUT2D eigenvalue weighted by Crippen LogP contribution is -2.04. The molecule has 92 valence electrons. The Morgan fingerprint density at radius 1 is 1.18 bits per heavy atom. The van der Waals surface area contributed by atoms with E-state index in [9.17, 15) is 13.2 Å². The van der Waals surface area contributed by atoms with Crippen LogP contribution in [-0.2, 0) is 19.1 Å². The molecule has 1 aromatic carbocycles. The van der Waals surface area contributed by atoms with E-state index in [1.807, 2.05) is 24.6 Å². The second-order valence-electron chi connectivity index (χ2n) is 4.02. The topological polar surface area (TPSA) is 4.93 Å². The molecule has 17 heavy (non-hydrogen) atoms. The molecule has 2 aromatic rings. The molecule has 0 N–H and O–H groups in total. The quantitative estimate of drug-likeness (QED) is 0.741. The highest BCUT2D eigenvalue weighted by Crippen LogP contribution is 2.33. The van der Waals surface area contributed by atoms with Crippen molar-refractivity contribution >= 4 is 10.9 Å². The van der Waals surface area contributed by atoms with Gasteiger partial charge in [-0.25, -0.2) is 0 Å². The minimum absolute atomic E-state index is 0.575. The van der Waals surface area contributed by atoms with Crippen LogP contribution in [-0.4, -0.2) is 4.57 Å². The number of aromatic nitrogens is 1. The lowest BCUT2D eigenvalue weighted by molar-refractivity contribution is -0.137. The number of hydrogen-bond donors (Lipinski definition) is 0. The number of benzene rings is 1. The number of fused-ring (bicyclic) bond motifs is 1. The standard InChI is InChI=1S/C13H14F3N/c1-3-9-8-17(4-2)12-6-5-10(7-11(9)12)13(14,15)16/h5-8H,3-4H2,1-2H3. The van der Waals surface area contributed by atoms with Crippen molar-refractivity contribution < 1.29 is 13.2 Å². The first-order valence-corrected chi connectivity index (χ1v) is 5.66. The van der Waals surface area contributed by atoms with E-state index >= 15 is 0 Å². The monoisotopic (exact) mass is 241 g/mol. The van der Waals surface area contributed by atoms with Crippen LogP contribution in [0.5, 0.6) is 0 Å². The Kier molecular flexibility index (Phi) is 2.89. The van der Waals surface area contributed by atoms with E-state index in [1.54, 1.807) is 6.07 Å². The maximum Gasteiger partial charge on any atom is 0.416 e. The Labute approximate surface area is 97.9 Å². The first-order valence-electron chi connectivity index (χ1n) is 5.66. The van der Waals surface area contributed by atoms with E-state index in [-0.39, 0.29) is 0 Å². The highest BCUT2D eigenvalue weighted by atomic mass is 19.4. The van der Waals surface area contributed by atoms with E-state index in [4.69, 9.17) is 0 Å². The number of nitrogens with zero attached hydrogens (tertiary/aromatic N) is 1. The van der Waals surface area contributed by atoms with Gasteiger partial charge in [0.1, 0.15) is 0 Å². The zero-order valence-electron chi connectivity index (χ0n) is 9.80. The second kappa shape index (κ2) is 4.09. The summed E-state index contributed by atoms with van der Waals surface area (Å²) in [7, 11) is 0. The van der Waals surface area contributed by atoms with Crippen molar-refractivity contribution in [1.29, 1.82) is 0 Å². The number of halogens is 3. The average molecular weight is 241 g/mol. The van der Waals surface area contributed by atoms with Crippen LogP contribution in [0.4, 0.5) is 13.2 Å². The summed E-state index contributed by atoms with van der Waals surface area (Å²) in [6, 6.07) is 3.95.